The SMILES string of the molecule is COc1ccc([C@H]2[C@@H]3CN(CC=Cc4ccccc4)C[C@@H]3CN2C)cc1.Cl.Cl. The molecule has 2 saturated heterocycles. The lowest BCUT2D eigenvalue weighted by Gasteiger charge is -2.26. The van der Waals surface area contributed by atoms with Gasteiger partial charge in [0.15, 0.2) is 0 Å². The first-order valence-electron chi connectivity index (χ1n) is 9.53. The van der Waals surface area contributed by atoms with Crippen molar-refractivity contribution >= 4 is 30.9 Å². The van der Waals surface area contributed by atoms with Gasteiger partial charge < -0.3 is 4.74 Å². The van der Waals surface area contributed by atoms with Crippen molar-refractivity contribution in [2.24, 2.45) is 11.8 Å². The van der Waals surface area contributed by atoms with Gasteiger partial charge in [0.05, 0.1) is 7.11 Å². The molecule has 0 spiro atoms. The monoisotopic (exact) mass is 420 g/mol. The molecule has 2 heterocycles. The molecule has 0 saturated carbocycles. The van der Waals surface area contributed by atoms with Crippen molar-refractivity contribution in [2.75, 3.05) is 40.3 Å². The quantitative estimate of drug-likeness (QED) is 0.691. The van der Waals surface area contributed by atoms with Crippen LogP contribution in [0.4, 0.5) is 0 Å². The lowest BCUT2D eigenvalue weighted by atomic mass is 9.89. The van der Waals surface area contributed by atoms with Crippen LogP contribution in [-0.4, -0.2) is 50.1 Å². The van der Waals surface area contributed by atoms with E-state index in [9.17, 15) is 0 Å². The van der Waals surface area contributed by atoms with Crippen LogP contribution >= 0.6 is 24.8 Å². The summed E-state index contributed by atoms with van der Waals surface area (Å²) >= 11 is 0. The van der Waals surface area contributed by atoms with Gasteiger partial charge in [-0.1, -0.05) is 54.6 Å². The maximum Gasteiger partial charge on any atom is 0.118 e. The van der Waals surface area contributed by atoms with Crippen LogP contribution in [0.3, 0.4) is 0 Å². The van der Waals surface area contributed by atoms with Crippen LogP contribution in [0.2, 0.25) is 0 Å². The number of benzene rings is 2. The Bertz CT molecular complexity index is 751. The lowest BCUT2D eigenvalue weighted by Crippen LogP contribution is -2.29. The molecule has 28 heavy (non-hydrogen) atoms. The zero-order valence-corrected chi connectivity index (χ0v) is 18.2. The lowest BCUT2D eigenvalue weighted by molar-refractivity contribution is 0.237. The molecule has 0 bridgehead atoms. The Labute approximate surface area is 181 Å². The molecule has 0 N–H and O–H groups in total. The maximum atomic E-state index is 5.31. The van der Waals surface area contributed by atoms with E-state index >= 15 is 0 Å². The first kappa shape index (κ1) is 22.8. The average Bonchev–Trinajstić information content (AvgIpc) is 3.18. The van der Waals surface area contributed by atoms with Gasteiger partial charge in [0.1, 0.15) is 5.75 Å². The van der Waals surface area contributed by atoms with E-state index in [1.165, 1.54) is 30.8 Å². The van der Waals surface area contributed by atoms with Crippen LogP contribution < -0.4 is 4.74 Å². The van der Waals surface area contributed by atoms with Gasteiger partial charge in [0.2, 0.25) is 0 Å². The highest BCUT2D eigenvalue weighted by Gasteiger charge is 2.45. The molecular formula is C23H30Cl2N2O. The van der Waals surface area contributed by atoms with Crippen LogP contribution in [0.25, 0.3) is 6.08 Å². The molecule has 152 valence electrons. The minimum atomic E-state index is 0. The number of hydrogen-bond donors (Lipinski definition) is 0. The highest BCUT2D eigenvalue weighted by atomic mass is 35.5. The maximum absolute atomic E-state index is 5.31. The van der Waals surface area contributed by atoms with Crippen LogP contribution in [0.5, 0.6) is 5.75 Å². The fraction of sp³-hybridized carbons (Fsp3) is 0.391. The molecule has 4 rings (SSSR count). The molecule has 2 aromatic rings. The topological polar surface area (TPSA) is 15.7 Å². The van der Waals surface area contributed by atoms with Crippen LogP contribution in [0, 0.1) is 11.8 Å². The van der Waals surface area contributed by atoms with Gasteiger partial charge in [-0.25, -0.2) is 0 Å². The summed E-state index contributed by atoms with van der Waals surface area (Å²) in [5, 5.41) is 0. The summed E-state index contributed by atoms with van der Waals surface area (Å²) in [6, 6.07) is 19.7. The number of rotatable bonds is 5. The van der Waals surface area contributed by atoms with Crippen molar-refractivity contribution in [3.8, 4) is 5.75 Å². The standard InChI is InChI=1S/C23H28N2O.2ClH/c1-24-15-20-16-25(14-6-9-18-7-4-3-5-8-18)17-22(20)23(24)19-10-12-21(26-2)13-11-19;;/h3-13,20,22-23H,14-17H2,1-2H3;2*1H/t20-,22+,23-;;/m0../s1. The molecule has 2 aliphatic heterocycles. The summed E-state index contributed by atoms with van der Waals surface area (Å²) in [4.78, 5) is 5.15. The molecule has 2 aliphatic rings. The molecule has 2 fully saturated rings. The zero-order chi connectivity index (χ0) is 17.9. The smallest absolute Gasteiger partial charge is 0.118 e. The van der Waals surface area contributed by atoms with Gasteiger partial charge >= 0.3 is 0 Å². The molecule has 3 atom stereocenters. The number of methoxy groups -OCH3 is 1. The number of nitrogens with zero attached hydrogens (tertiary/aromatic N) is 2. The molecular weight excluding hydrogens is 391 g/mol. The molecule has 5 heteroatoms. The molecule has 0 amide bonds. The Balaban J connectivity index is 0.00000140. The van der Waals surface area contributed by atoms with Crippen molar-refractivity contribution in [3.63, 3.8) is 0 Å². The van der Waals surface area contributed by atoms with E-state index < -0.39 is 0 Å². The molecule has 0 unspecified atom stereocenters. The molecule has 0 aliphatic carbocycles. The van der Waals surface area contributed by atoms with Gasteiger partial charge in [-0.2, -0.15) is 0 Å². The van der Waals surface area contributed by atoms with Crippen molar-refractivity contribution in [1.82, 2.24) is 9.80 Å². The van der Waals surface area contributed by atoms with E-state index in [1.54, 1.807) is 7.11 Å². The number of hydrogen-bond acceptors (Lipinski definition) is 3. The summed E-state index contributed by atoms with van der Waals surface area (Å²) in [6.45, 7) is 4.63. The number of likely N-dealkylation sites (tertiary alicyclic amines) is 2. The fourth-order valence-electron chi connectivity index (χ4n) is 4.70. The van der Waals surface area contributed by atoms with Gasteiger partial charge in [0.25, 0.3) is 0 Å². The van der Waals surface area contributed by atoms with Crippen molar-refractivity contribution in [3.05, 3.63) is 71.8 Å². The van der Waals surface area contributed by atoms with E-state index in [1.807, 2.05) is 0 Å². The predicted octanol–water partition coefficient (Wildman–Crippen LogP) is 4.79. The first-order chi connectivity index (χ1) is 12.7. The van der Waals surface area contributed by atoms with Crippen LogP contribution in [0.1, 0.15) is 17.2 Å². The molecule has 0 aromatic heterocycles. The largest absolute Gasteiger partial charge is 0.497 e. The Hall–Kier alpha value is -1.52. The summed E-state index contributed by atoms with van der Waals surface area (Å²) in [5.41, 5.74) is 2.70. The summed E-state index contributed by atoms with van der Waals surface area (Å²) in [7, 11) is 4.00. The zero-order valence-electron chi connectivity index (χ0n) is 16.5. The van der Waals surface area contributed by atoms with Crippen LogP contribution in [-0.2, 0) is 0 Å². The Morgan fingerprint density at radius 1 is 0.964 bits per heavy atom. The van der Waals surface area contributed by atoms with E-state index in [0.29, 0.717) is 6.04 Å². The third kappa shape index (κ3) is 4.90. The summed E-state index contributed by atoms with van der Waals surface area (Å²) in [6.07, 6.45) is 4.55. The predicted molar refractivity (Wildman–Crippen MR) is 122 cm³/mol. The van der Waals surface area contributed by atoms with Gasteiger partial charge in [0, 0.05) is 32.2 Å². The second kappa shape index (κ2) is 10.3. The van der Waals surface area contributed by atoms with Gasteiger partial charge in [-0.3, -0.25) is 9.80 Å². The third-order valence-corrected chi connectivity index (χ3v) is 5.90. The van der Waals surface area contributed by atoms with E-state index in [4.69, 9.17) is 4.74 Å². The van der Waals surface area contributed by atoms with E-state index in [2.05, 4.69) is 83.6 Å². The summed E-state index contributed by atoms with van der Waals surface area (Å²) < 4.78 is 5.31. The summed E-state index contributed by atoms with van der Waals surface area (Å²) in [5.74, 6) is 2.43. The number of halogens is 2. The average molecular weight is 421 g/mol. The molecule has 0 radical (unpaired) electrons. The van der Waals surface area contributed by atoms with Gasteiger partial charge in [-0.15, -0.1) is 24.8 Å². The first-order valence-corrected chi connectivity index (χ1v) is 9.53. The Kier molecular flexibility index (Phi) is 8.38. The van der Waals surface area contributed by atoms with Gasteiger partial charge in [-0.05, 0) is 42.1 Å². The highest BCUT2D eigenvalue weighted by Crippen LogP contribution is 2.44. The minimum Gasteiger partial charge on any atom is -0.497 e. The second-order valence-corrected chi connectivity index (χ2v) is 7.61. The third-order valence-electron chi connectivity index (χ3n) is 5.90. The van der Waals surface area contributed by atoms with Crippen molar-refractivity contribution in [2.45, 2.75) is 6.04 Å². The van der Waals surface area contributed by atoms with E-state index in [-0.39, 0.29) is 24.8 Å². The number of ether oxygens (including phenoxy) is 1. The second-order valence-electron chi connectivity index (χ2n) is 7.61. The minimum absolute atomic E-state index is 0. The fourth-order valence-corrected chi connectivity index (χ4v) is 4.70. The highest BCUT2D eigenvalue weighted by molar-refractivity contribution is 5.85. The van der Waals surface area contributed by atoms with Crippen molar-refractivity contribution in [1.29, 1.82) is 0 Å². The molecule has 3 nitrogen and oxygen atoms in total. The van der Waals surface area contributed by atoms with Crippen LogP contribution in [0.15, 0.2) is 60.7 Å². The Morgan fingerprint density at radius 3 is 2.36 bits per heavy atom. The molecule has 2 aromatic carbocycles. The normalized spacial score (nSPS) is 24.6. The number of fused-ring (bicyclic) bond motifs is 1. The van der Waals surface area contributed by atoms with Crippen molar-refractivity contribution < 1.29 is 4.74 Å². The van der Waals surface area contributed by atoms with E-state index in [0.717, 1.165) is 24.1 Å². The Morgan fingerprint density at radius 2 is 1.68 bits per heavy atom.